The fraction of sp³-hybridized carbons (Fsp3) is 0.429. The molecule has 1 aromatic carbocycles. The van der Waals surface area contributed by atoms with Gasteiger partial charge in [0.1, 0.15) is 0 Å². The molecule has 3 N–H and O–H groups in total. The number of carbonyl (C=O) groups is 2. The predicted molar refractivity (Wildman–Crippen MR) is 77.8 cm³/mol. The Morgan fingerprint density at radius 3 is 2.65 bits per heavy atom. The summed E-state index contributed by atoms with van der Waals surface area (Å²) in [7, 11) is 0. The molecule has 110 valence electrons. The number of aliphatic carboxylic acids is 1. The molecule has 0 spiro atoms. The summed E-state index contributed by atoms with van der Waals surface area (Å²) < 4.78 is 0. The summed E-state index contributed by atoms with van der Waals surface area (Å²) in [6.07, 6.45) is 2.39. The van der Waals surface area contributed by atoms with Gasteiger partial charge >= 0.3 is 12.0 Å². The summed E-state index contributed by atoms with van der Waals surface area (Å²) >= 11 is 5.84. The zero-order valence-corrected chi connectivity index (χ0v) is 11.9. The van der Waals surface area contributed by atoms with Crippen molar-refractivity contribution < 1.29 is 14.7 Å². The average molecular weight is 299 g/mol. The van der Waals surface area contributed by atoms with E-state index in [-0.39, 0.29) is 12.5 Å². The maximum atomic E-state index is 11.5. The summed E-state index contributed by atoms with van der Waals surface area (Å²) in [5, 5.41) is 14.6. The second kappa shape index (κ2) is 9.20. The van der Waals surface area contributed by atoms with E-state index in [1.165, 1.54) is 0 Å². The molecule has 0 aromatic heterocycles. The van der Waals surface area contributed by atoms with Gasteiger partial charge in [0, 0.05) is 24.5 Å². The first-order valence-corrected chi connectivity index (χ1v) is 6.93. The van der Waals surface area contributed by atoms with Gasteiger partial charge in [0.25, 0.3) is 0 Å². The van der Waals surface area contributed by atoms with Gasteiger partial charge in [-0.2, -0.15) is 0 Å². The first-order chi connectivity index (χ1) is 9.58. The normalized spacial score (nSPS) is 10.1. The summed E-state index contributed by atoms with van der Waals surface area (Å²) in [6, 6.07) is 7.07. The van der Waals surface area contributed by atoms with Gasteiger partial charge in [0.15, 0.2) is 0 Å². The summed E-state index contributed by atoms with van der Waals surface area (Å²) in [6.45, 7) is 0.965. The topological polar surface area (TPSA) is 78.4 Å². The summed E-state index contributed by atoms with van der Waals surface area (Å²) in [4.78, 5) is 21.8. The lowest BCUT2D eigenvalue weighted by Gasteiger charge is -2.07. The highest BCUT2D eigenvalue weighted by atomic mass is 35.5. The first-order valence-electron chi connectivity index (χ1n) is 6.56. The van der Waals surface area contributed by atoms with E-state index < -0.39 is 5.97 Å². The number of urea groups is 1. The van der Waals surface area contributed by atoms with Crippen molar-refractivity contribution in [2.45, 2.75) is 32.2 Å². The predicted octanol–water partition coefficient (Wildman–Crippen LogP) is 2.78. The molecule has 20 heavy (non-hydrogen) atoms. The van der Waals surface area contributed by atoms with Crippen molar-refractivity contribution in [2.24, 2.45) is 0 Å². The van der Waals surface area contributed by atoms with Crippen LogP contribution in [-0.2, 0) is 11.3 Å². The molecule has 1 aromatic rings. The average Bonchev–Trinajstić information content (AvgIpc) is 2.40. The molecule has 1 rings (SSSR count). The molecule has 0 aliphatic rings. The van der Waals surface area contributed by atoms with E-state index in [0.29, 0.717) is 24.5 Å². The molecule has 6 heteroatoms. The highest BCUT2D eigenvalue weighted by Gasteiger charge is 2.01. The van der Waals surface area contributed by atoms with E-state index in [2.05, 4.69) is 10.6 Å². The number of carboxylic acids is 1. The van der Waals surface area contributed by atoms with Gasteiger partial charge in [-0.05, 0) is 30.5 Å². The van der Waals surface area contributed by atoms with Crippen molar-refractivity contribution >= 4 is 23.6 Å². The Hall–Kier alpha value is -1.75. The summed E-state index contributed by atoms with van der Waals surface area (Å²) in [5.74, 6) is -0.780. The number of benzene rings is 1. The third kappa shape index (κ3) is 7.63. The van der Waals surface area contributed by atoms with Crippen LogP contribution < -0.4 is 10.6 Å². The van der Waals surface area contributed by atoms with E-state index in [4.69, 9.17) is 16.7 Å². The minimum Gasteiger partial charge on any atom is -0.481 e. The van der Waals surface area contributed by atoms with Crippen LogP contribution >= 0.6 is 11.6 Å². The van der Waals surface area contributed by atoms with Gasteiger partial charge in [-0.1, -0.05) is 30.2 Å². The molecule has 0 heterocycles. The minimum absolute atomic E-state index is 0.182. The molecule has 2 amide bonds. The molecule has 0 unspecified atom stereocenters. The smallest absolute Gasteiger partial charge is 0.315 e. The van der Waals surface area contributed by atoms with E-state index in [9.17, 15) is 9.59 Å². The number of halogens is 1. The molecule has 0 radical (unpaired) electrons. The van der Waals surface area contributed by atoms with Crippen LogP contribution in [0.4, 0.5) is 4.79 Å². The standard InChI is InChI=1S/C14H19ClN2O3/c15-12-6-4-5-11(9-12)10-17-14(20)16-8-3-1-2-7-13(18)19/h4-6,9H,1-3,7-8,10H2,(H,18,19)(H2,16,17,20). The number of amides is 2. The van der Waals surface area contributed by atoms with Gasteiger partial charge in [-0.3, -0.25) is 4.79 Å². The Morgan fingerprint density at radius 2 is 1.95 bits per heavy atom. The zero-order chi connectivity index (χ0) is 14.8. The Kier molecular flexibility index (Phi) is 7.50. The van der Waals surface area contributed by atoms with Gasteiger partial charge in [-0.15, -0.1) is 0 Å². The molecule has 0 saturated carbocycles. The van der Waals surface area contributed by atoms with Crippen molar-refractivity contribution in [1.29, 1.82) is 0 Å². The number of carboxylic acid groups (broad SMARTS) is 1. The lowest BCUT2D eigenvalue weighted by atomic mass is 10.2. The van der Waals surface area contributed by atoms with E-state index in [1.54, 1.807) is 12.1 Å². The molecule has 0 aliphatic carbocycles. The van der Waals surface area contributed by atoms with Crippen LogP contribution in [0.5, 0.6) is 0 Å². The fourth-order valence-corrected chi connectivity index (χ4v) is 1.88. The van der Waals surface area contributed by atoms with Crippen LogP contribution in [0.25, 0.3) is 0 Å². The third-order valence-electron chi connectivity index (χ3n) is 2.70. The van der Waals surface area contributed by atoms with Gasteiger partial charge in [-0.25, -0.2) is 4.79 Å². The Bertz CT molecular complexity index is 452. The molecule has 0 bridgehead atoms. The van der Waals surface area contributed by atoms with Crippen LogP contribution in [0.1, 0.15) is 31.2 Å². The second-order valence-electron chi connectivity index (χ2n) is 4.44. The number of hydrogen-bond acceptors (Lipinski definition) is 2. The molecular weight excluding hydrogens is 280 g/mol. The molecular formula is C14H19ClN2O3. The molecule has 0 fully saturated rings. The van der Waals surface area contributed by atoms with Crippen molar-refractivity contribution in [2.75, 3.05) is 6.54 Å². The fourth-order valence-electron chi connectivity index (χ4n) is 1.67. The number of nitrogens with one attached hydrogen (secondary N) is 2. The monoisotopic (exact) mass is 298 g/mol. The third-order valence-corrected chi connectivity index (χ3v) is 2.93. The Balaban J connectivity index is 2.07. The van der Waals surface area contributed by atoms with Gasteiger partial charge in [0.2, 0.25) is 0 Å². The maximum Gasteiger partial charge on any atom is 0.315 e. The number of rotatable bonds is 8. The largest absolute Gasteiger partial charge is 0.481 e. The van der Waals surface area contributed by atoms with E-state index in [0.717, 1.165) is 18.4 Å². The minimum atomic E-state index is -0.780. The number of unbranched alkanes of at least 4 members (excludes halogenated alkanes) is 2. The number of carbonyl (C=O) groups excluding carboxylic acids is 1. The van der Waals surface area contributed by atoms with Crippen molar-refractivity contribution in [3.05, 3.63) is 34.9 Å². The summed E-state index contributed by atoms with van der Waals surface area (Å²) in [5.41, 5.74) is 0.939. The van der Waals surface area contributed by atoms with Crippen LogP contribution in [0.3, 0.4) is 0 Å². The van der Waals surface area contributed by atoms with Gasteiger partial charge in [0.05, 0.1) is 0 Å². The lowest BCUT2D eigenvalue weighted by Crippen LogP contribution is -2.35. The van der Waals surface area contributed by atoms with Crippen molar-refractivity contribution in [1.82, 2.24) is 10.6 Å². The SMILES string of the molecule is O=C(O)CCCCCNC(=O)NCc1cccc(Cl)c1. The highest BCUT2D eigenvalue weighted by molar-refractivity contribution is 6.30. The zero-order valence-electron chi connectivity index (χ0n) is 11.2. The van der Waals surface area contributed by atoms with Crippen LogP contribution in [0, 0.1) is 0 Å². The Morgan fingerprint density at radius 1 is 1.15 bits per heavy atom. The quantitative estimate of drug-likeness (QED) is 0.646. The molecule has 5 nitrogen and oxygen atoms in total. The molecule has 0 atom stereocenters. The molecule has 0 saturated heterocycles. The second-order valence-corrected chi connectivity index (χ2v) is 4.88. The first kappa shape index (κ1) is 16.3. The van der Waals surface area contributed by atoms with Crippen LogP contribution in [-0.4, -0.2) is 23.7 Å². The lowest BCUT2D eigenvalue weighted by molar-refractivity contribution is -0.137. The van der Waals surface area contributed by atoms with E-state index in [1.807, 2.05) is 12.1 Å². The van der Waals surface area contributed by atoms with Crippen molar-refractivity contribution in [3.8, 4) is 0 Å². The Labute approximate surface area is 123 Å². The van der Waals surface area contributed by atoms with E-state index >= 15 is 0 Å². The molecule has 0 aliphatic heterocycles. The van der Waals surface area contributed by atoms with Crippen molar-refractivity contribution in [3.63, 3.8) is 0 Å². The van der Waals surface area contributed by atoms with Crippen LogP contribution in [0.15, 0.2) is 24.3 Å². The maximum absolute atomic E-state index is 11.5. The van der Waals surface area contributed by atoms with Gasteiger partial charge < -0.3 is 15.7 Å². The van der Waals surface area contributed by atoms with Crippen LogP contribution in [0.2, 0.25) is 5.02 Å². The highest BCUT2D eigenvalue weighted by Crippen LogP contribution is 2.10. The number of hydrogen-bond donors (Lipinski definition) is 3.